The Bertz CT molecular complexity index is 412. The Morgan fingerprint density at radius 1 is 1.07 bits per heavy atom. The van der Waals surface area contributed by atoms with Crippen molar-refractivity contribution in [3.63, 3.8) is 0 Å². The van der Waals surface area contributed by atoms with Gasteiger partial charge in [-0.25, -0.2) is 0 Å². The molecule has 1 N–H and O–H groups in total. The van der Waals surface area contributed by atoms with Crippen LogP contribution in [0.3, 0.4) is 0 Å². The highest BCUT2D eigenvalue weighted by atomic mass is 14.7. The van der Waals surface area contributed by atoms with Crippen LogP contribution in [0.2, 0.25) is 0 Å². The molecule has 1 aromatic heterocycles. The average molecular weight is 185 g/mol. The van der Waals surface area contributed by atoms with Gasteiger partial charge in [0.25, 0.3) is 0 Å². The zero-order valence-electron chi connectivity index (χ0n) is 8.67. The van der Waals surface area contributed by atoms with Crippen LogP contribution in [0.5, 0.6) is 0 Å². The third-order valence-corrected chi connectivity index (χ3v) is 2.49. The first-order valence-electron chi connectivity index (χ1n) is 4.95. The van der Waals surface area contributed by atoms with Crippen LogP contribution >= 0.6 is 0 Å². The van der Waals surface area contributed by atoms with Gasteiger partial charge in [0.15, 0.2) is 0 Å². The maximum absolute atomic E-state index is 3.33. The predicted molar refractivity (Wildman–Crippen MR) is 59.5 cm³/mol. The molecule has 0 aliphatic carbocycles. The van der Waals surface area contributed by atoms with E-state index in [2.05, 4.69) is 55.2 Å². The van der Waals surface area contributed by atoms with E-state index in [0.717, 1.165) is 6.42 Å². The second-order valence-corrected chi connectivity index (χ2v) is 3.76. The van der Waals surface area contributed by atoms with Crippen LogP contribution in [0.1, 0.15) is 22.5 Å². The number of aromatic nitrogens is 1. The molecule has 72 valence electrons. The molecule has 0 aliphatic rings. The van der Waals surface area contributed by atoms with Crippen molar-refractivity contribution in [3.8, 4) is 0 Å². The van der Waals surface area contributed by atoms with E-state index in [1.165, 1.54) is 22.5 Å². The Balaban J connectivity index is 2.23. The smallest absolute Gasteiger partial charge is 0.0153 e. The number of benzene rings is 1. The first-order valence-corrected chi connectivity index (χ1v) is 4.95. The summed E-state index contributed by atoms with van der Waals surface area (Å²) in [6, 6.07) is 12.8. The van der Waals surface area contributed by atoms with E-state index >= 15 is 0 Å². The molecule has 0 aliphatic heterocycles. The van der Waals surface area contributed by atoms with Gasteiger partial charge in [-0.05, 0) is 37.5 Å². The summed E-state index contributed by atoms with van der Waals surface area (Å²) in [5.41, 5.74) is 5.29. The highest BCUT2D eigenvalue weighted by Gasteiger charge is 2.02. The van der Waals surface area contributed by atoms with Crippen LogP contribution in [0, 0.1) is 13.8 Å². The second kappa shape index (κ2) is 3.70. The van der Waals surface area contributed by atoms with Gasteiger partial charge in [0.05, 0.1) is 0 Å². The van der Waals surface area contributed by atoms with Gasteiger partial charge < -0.3 is 4.98 Å². The Hall–Kier alpha value is -1.50. The highest BCUT2D eigenvalue weighted by molar-refractivity contribution is 5.30. The van der Waals surface area contributed by atoms with Gasteiger partial charge in [-0.3, -0.25) is 0 Å². The fourth-order valence-electron chi connectivity index (χ4n) is 1.78. The molecule has 1 aromatic carbocycles. The van der Waals surface area contributed by atoms with Crippen molar-refractivity contribution in [1.29, 1.82) is 0 Å². The first kappa shape index (κ1) is 9.07. The lowest BCUT2D eigenvalue weighted by Crippen LogP contribution is -1.87. The number of nitrogens with one attached hydrogen (secondary N) is 1. The normalized spacial score (nSPS) is 10.4. The van der Waals surface area contributed by atoms with E-state index in [9.17, 15) is 0 Å². The fourth-order valence-corrected chi connectivity index (χ4v) is 1.78. The molecule has 1 heteroatoms. The van der Waals surface area contributed by atoms with E-state index in [1.54, 1.807) is 0 Å². The number of hydrogen-bond donors (Lipinski definition) is 1. The summed E-state index contributed by atoms with van der Waals surface area (Å²) < 4.78 is 0. The summed E-state index contributed by atoms with van der Waals surface area (Å²) in [5, 5.41) is 0. The molecule has 0 radical (unpaired) electrons. The van der Waals surface area contributed by atoms with E-state index in [1.807, 2.05) is 0 Å². The number of aromatic amines is 1. The maximum atomic E-state index is 3.33. The van der Waals surface area contributed by atoms with Gasteiger partial charge >= 0.3 is 0 Å². The molecule has 0 fully saturated rings. The topological polar surface area (TPSA) is 15.8 Å². The molecule has 0 unspecified atom stereocenters. The largest absolute Gasteiger partial charge is 0.362 e. The van der Waals surface area contributed by atoms with Gasteiger partial charge in [-0.15, -0.1) is 0 Å². The third-order valence-electron chi connectivity index (χ3n) is 2.49. The van der Waals surface area contributed by atoms with Crippen molar-refractivity contribution in [1.82, 2.24) is 4.98 Å². The minimum atomic E-state index is 1.02. The van der Waals surface area contributed by atoms with Gasteiger partial charge in [0.1, 0.15) is 0 Å². The quantitative estimate of drug-likeness (QED) is 0.739. The Morgan fingerprint density at radius 2 is 1.79 bits per heavy atom. The average Bonchev–Trinajstić information content (AvgIpc) is 2.47. The molecule has 0 atom stereocenters. The summed E-state index contributed by atoms with van der Waals surface area (Å²) in [4.78, 5) is 3.33. The SMILES string of the molecule is Cc1cc(Cc2ccccc2)c(C)[nH]1. The molecule has 14 heavy (non-hydrogen) atoms. The lowest BCUT2D eigenvalue weighted by atomic mass is 10.1. The van der Waals surface area contributed by atoms with Crippen molar-refractivity contribution in [3.05, 3.63) is 58.9 Å². The number of hydrogen-bond acceptors (Lipinski definition) is 0. The Labute approximate surface area is 84.8 Å². The van der Waals surface area contributed by atoms with Gasteiger partial charge in [-0.2, -0.15) is 0 Å². The van der Waals surface area contributed by atoms with E-state index in [-0.39, 0.29) is 0 Å². The van der Waals surface area contributed by atoms with Crippen molar-refractivity contribution >= 4 is 0 Å². The number of rotatable bonds is 2. The summed E-state index contributed by atoms with van der Waals surface area (Å²) >= 11 is 0. The van der Waals surface area contributed by atoms with Crippen molar-refractivity contribution in [2.24, 2.45) is 0 Å². The van der Waals surface area contributed by atoms with Gasteiger partial charge in [0, 0.05) is 11.4 Å². The molecule has 0 bridgehead atoms. The van der Waals surface area contributed by atoms with Crippen molar-refractivity contribution < 1.29 is 0 Å². The zero-order chi connectivity index (χ0) is 9.97. The third kappa shape index (κ3) is 1.87. The maximum Gasteiger partial charge on any atom is 0.0153 e. The zero-order valence-corrected chi connectivity index (χ0v) is 8.67. The molecular weight excluding hydrogens is 170 g/mol. The lowest BCUT2D eigenvalue weighted by molar-refractivity contribution is 1.13. The molecule has 2 aromatic rings. The summed E-state index contributed by atoms with van der Waals surface area (Å²) in [7, 11) is 0. The molecule has 2 rings (SSSR count). The Kier molecular flexibility index (Phi) is 2.40. The highest BCUT2D eigenvalue weighted by Crippen LogP contribution is 2.14. The Morgan fingerprint density at radius 3 is 2.36 bits per heavy atom. The second-order valence-electron chi connectivity index (χ2n) is 3.76. The molecule has 0 saturated heterocycles. The van der Waals surface area contributed by atoms with Crippen LogP contribution in [0.15, 0.2) is 36.4 Å². The van der Waals surface area contributed by atoms with Crippen molar-refractivity contribution in [2.45, 2.75) is 20.3 Å². The van der Waals surface area contributed by atoms with Crippen molar-refractivity contribution in [2.75, 3.05) is 0 Å². The predicted octanol–water partition coefficient (Wildman–Crippen LogP) is 3.22. The number of aryl methyl sites for hydroxylation is 2. The van der Waals surface area contributed by atoms with Gasteiger partial charge in [-0.1, -0.05) is 30.3 Å². The molecule has 1 heterocycles. The molecule has 0 amide bonds. The van der Waals surface area contributed by atoms with Crippen LogP contribution in [-0.2, 0) is 6.42 Å². The minimum Gasteiger partial charge on any atom is -0.362 e. The van der Waals surface area contributed by atoms with Crippen LogP contribution in [-0.4, -0.2) is 4.98 Å². The van der Waals surface area contributed by atoms with Crippen LogP contribution in [0.25, 0.3) is 0 Å². The van der Waals surface area contributed by atoms with Crippen LogP contribution < -0.4 is 0 Å². The monoisotopic (exact) mass is 185 g/mol. The molecular formula is C13H15N. The summed E-state index contributed by atoms with van der Waals surface area (Å²) in [6.45, 7) is 4.23. The lowest BCUT2D eigenvalue weighted by Gasteiger charge is -1.99. The van der Waals surface area contributed by atoms with E-state index < -0.39 is 0 Å². The van der Waals surface area contributed by atoms with E-state index in [4.69, 9.17) is 0 Å². The molecule has 0 saturated carbocycles. The summed E-state index contributed by atoms with van der Waals surface area (Å²) in [6.07, 6.45) is 1.02. The van der Waals surface area contributed by atoms with E-state index in [0.29, 0.717) is 0 Å². The standard InChI is InChI=1S/C13H15N/c1-10-8-13(11(2)14-10)9-12-6-4-3-5-7-12/h3-8,14H,9H2,1-2H3. The fraction of sp³-hybridized carbons (Fsp3) is 0.231. The molecule has 0 spiro atoms. The molecule has 1 nitrogen and oxygen atoms in total. The first-order chi connectivity index (χ1) is 6.75. The van der Waals surface area contributed by atoms with Gasteiger partial charge in [0.2, 0.25) is 0 Å². The minimum absolute atomic E-state index is 1.02. The van der Waals surface area contributed by atoms with Crippen LogP contribution in [0.4, 0.5) is 0 Å². The summed E-state index contributed by atoms with van der Waals surface area (Å²) in [5.74, 6) is 0. The number of H-pyrrole nitrogens is 1.